The van der Waals surface area contributed by atoms with Crippen molar-refractivity contribution >= 4 is 32.2 Å². The first-order chi connectivity index (χ1) is 17.3. The van der Waals surface area contributed by atoms with E-state index >= 15 is 0 Å². The van der Waals surface area contributed by atoms with Gasteiger partial charge >= 0.3 is 0 Å². The number of nitrogens with one attached hydrogen (secondary N) is 1. The summed E-state index contributed by atoms with van der Waals surface area (Å²) >= 11 is 0. The molecule has 184 valence electrons. The maximum atomic E-state index is 12.2. The number of rotatable bonds is 8. The van der Waals surface area contributed by atoms with Gasteiger partial charge < -0.3 is 14.6 Å². The highest BCUT2D eigenvalue weighted by molar-refractivity contribution is 7.90. The molecule has 0 aliphatic carbocycles. The number of sulfone groups is 1. The summed E-state index contributed by atoms with van der Waals surface area (Å²) in [6.07, 6.45) is 2.53. The summed E-state index contributed by atoms with van der Waals surface area (Å²) in [5.74, 6) is 0.872. The minimum absolute atomic E-state index is 0.0305. The van der Waals surface area contributed by atoms with Crippen molar-refractivity contribution in [3.63, 3.8) is 0 Å². The first-order valence-corrected chi connectivity index (χ1v) is 13.0. The van der Waals surface area contributed by atoms with Crippen molar-refractivity contribution in [1.29, 1.82) is 0 Å². The summed E-state index contributed by atoms with van der Waals surface area (Å²) in [5.41, 5.74) is 1.94. The van der Waals surface area contributed by atoms with Crippen LogP contribution in [0.15, 0.2) is 53.2 Å². The molecule has 4 aromatic heterocycles. The molecule has 5 aromatic rings. The van der Waals surface area contributed by atoms with Gasteiger partial charge in [0.1, 0.15) is 22.2 Å². The fourth-order valence-electron chi connectivity index (χ4n) is 3.53. The molecule has 0 saturated heterocycles. The number of hydrogen-bond acceptors (Lipinski definition) is 10. The average Bonchev–Trinajstić information content (AvgIpc) is 3.48. The van der Waals surface area contributed by atoms with E-state index in [-0.39, 0.29) is 18.9 Å². The van der Waals surface area contributed by atoms with Crippen LogP contribution < -0.4 is 10.1 Å². The molecule has 0 spiro atoms. The third kappa shape index (κ3) is 4.86. The topological polar surface area (TPSA) is 154 Å². The molecule has 0 unspecified atom stereocenters. The van der Waals surface area contributed by atoms with Crippen LogP contribution in [0.4, 0.5) is 0 Å². The first kappa shape index (κ1) is 23.4. The van der Waals surface area contributed by atoms with E-state index in [1.807, 2.05) is 24.3 Å². The fraction of sp³-hybridized carbons (Fsp3) is 0.217. The summed E-state index contributed by atoms with van der Waals surface area (Å²) in [7, 11) is -3.16. The normalized spacial score (nSPS) is 11.7. The number of amides is 1. The number of carbonyl (C=O) groups is 1. The van der Waals surface area contributed by atoms with Crippen LogP contribution in [0, 0.1) is 6.92 Å². The molecular weight excluding hydrogens is 486 g/mol. The molecule has 1 aromatic carbocycles. The predicted octanol–water partition coefficient (Wildman–Crippen LogP) is 1.99. The Morgan fingerprint density at radius 1 is 1.14 bits per heavy atom. The fourth-order valence-corrected chi connectivity index (χ4v) is 4.00. The maximum absolute atomic E-state index is 12.2. The maximum Gasteiger partial charge on any atom is 0.252 e. The van der Waals surface area contributed by atoms with E-state index < -0.39 is 15.7 Å². The molecule has 0 aliphatic rings. The monoisotopic (exact) mass is 507 g/mol. The van der Waals surface area contributed by atoms with Gasteiger partial charge in [-0.1, -0.05) is 23.4 Å². The van der Waals surface area contributed by atoms with E-state index in [1.165, 1.54) is 6.20 Å². The van der Waals surface area contributed by atoms with Crippen molar-refractivity contribution in [2.24, 2.45) is 0 Å². The highest BCUT2D eigenvalue weighted by atomic mass is 32.2. The number of aromatic nitrogens is 6. The molecule has 36 heavy (non-hydrogen) atoms. The van der Waals surface area contributed by atoms with Crippen LogP contribution in [0.25, 0.3) is 27.9 Å². The van der Waals surface area contributed by atoms with Gasteiger partial charge in [-0.2, -0.15) is 4.52 Å². The van der Waals surface area contributed by atoms with Crippen molar-refractivity contribution in [2.45, 2.75) is 13.5 Å². The molecule has 13 heteroatoms. The Balaban J connectivity index is 1.37. The zero-order valence-electron chi connectivity index (χ0n) is 19.4. The standard InChI is InChI=1S/C23H21N7O5S/c1-14-11-19(29-35-14)21-27-26-20-17-5-3-4-6-18(17)23(28-30(20)21)34-13-16-8-7-15(12-25-16)22(31)24-9-10-36(2,32)33/h3-8,11-12H,9-10,13H2,1-2H3,(H,24,31). The molecule has 0 aliphatic heterocycles. The molecule has 12 nitrogen and oxygen atoms in total. The highest BCUT2D eigenvalue weighted by Gasteiger charge is 2.18. The van der Waals surface area contributed by atoms with Gasteiger partial charge in [-0.15, -0.1) is 15.3 Å². The van der Waals surface area contributed by atoms with Crippen LogP contribution in [0.5, 0.6) is 5.88 Å². The third-order valence-corrected chi connectivity index (χ3v) is 6.23. The Morgan fingerprint density at radius 2 is 1.94 bits per heavy atom. The molecule has 4 heterocycles. The molecule has 0 fully saturated rings. The van der Waals surface area contributed by atoms with E-state index in [9.17, 15) is 13.2 Å². The van der Waals surface area contributed by atoms with Gasteiger partial charge in [0.25, 0.3) is 5.91 Å². The van der Waals surface area contributed by atoms with E-state index in [0.29, 0.717) is 40.1 Å². The molecule has 1 amide bonds. The van der Waals surface area contributed by atoms with Gasteiger partial charge in [0.15, 0.2) is 11.3 Å². The number of nitrogens with zero attached hydrogens (tertiary/aromatic N) is 6. The van der Waals surface area contributed by atoms with Crippen molar-refractivity contribution < 1.29 is 22.5 Å². The van der Waals surface area contributed by atoms with Gasteiger partial charge in [0.2, 0.25) is 11.7 Å². The Kier molecular flexibility index (Phi) is 6.06. The summed E-state index contributed by atoms with van der Waals surface area (Å²) in [5, 5.41) is 21.3. The first-order valence-electron chi connectivity index (χ1n) is 10.9. The van der Waals surface area contributed by atoms with Gasteiger partial charge in [-0.05, 0) is 25.1 Å². The number of benzene rings is 1. The van der Waals surface area contributed by atoms with Crippen LogP contribution in [0.3, 0.4) is 0 Å². The van der Waals surface area contributed by atoms with E-state index in [2.05, 4.69) is 30.8 Å². The third-order valence-electron chi connectivity index (χ3n) is 5.29. The molecular formula is C23H21N7O5S. The van der Waals surface area contributed by atoms with Gasteiger partial charge in [0, 0.05) is 35.8 Å². The highest BCUT2D eigenvalue weighted by Crippen LogP contribution is 2.29. The Hall–Kier alpha value is -4.39. The minimum atomic E-state index is -3.16. The van der Waals surface area contributed by atoms with Gasteiger partial charge in [-0.3, -0.25) is 9.78 Å². The second-order valence-corrected chi connectivity index (χ2v) is 10.4. The lowest BCUT2D eigenvalue weighted by Gasteiger charge is -2.10. The smallest absolute Gasteiger partial charge is 0.252 e. The van der Waals surface area contributed by atoms with Gasteiger partial charge in [0.05, 0.1) is 17.0 Å². The Morgan fingerprint density at radius 3 is 2.64 bits per heavy atom. The molecule has 0 atom stereocenters. The number of fused-ring (bicyclic) bond motifs is 3. The Labute approximate surface area is 205 Å². The lowest BCUT2D eigenvalue weighted by atomic mass is 10.2. The molecule has 1 N–H and O–H groups in total. The SMILES string of the molecule is Cc1cc(-c2nnc3c4ccccc4c(OCc4ccc(C(=O)NCCS(C)(=O)=O)cn4)nn23)no1. The van der Waals surface area contributed by atoms with Crippen molar-refractivity contribution in [1.82, 2.24) is 35.3 Å². The molecule has 5 rings (SSSR count). The second kappa shape index (κ2) is 9.34. The second-order valence-electron chi connectivity index (χ2n) is 8.15. The zero-order valence-corrected chi connectivity index (χ0v) is 20.2. The number of hydrogen-bond donors (Lipinski definition) is 1. The van der Waals surface area contributed by atoms with Crippen LogP contribution >= 0.6 is 0 Å². The zero-order chi connectivity index (χ0) is 25.3. The number of aryl methyl sites for hydroxylation is 1. The largest absolute Gasteiger partial charge is 0.470 e. The van der Waals surface area contributed by atoms with Crippen LogP contribution in [0.2, 0.25) is 0 Å². The summed E-state index contributed by atoms with van der Waals surface area (Å²) in [4.78, 5) is 16.5. The number of pyridine rings is 1. The van der Waals surface area contributed by atoms with Crippen LogP contribution in [-0.4, -0.2) is 62.8 Å². The van der Waals surface area contributed by atoms with Crippen molar-refractivity contribution in [3.05, 3.63) is 65.7 Å². The van der Waals surface area contributed by atoms with Crippen LogP contribution in [0.1, 0.15) is 21.8 Å². The molecule has 0 bridgehead atoms. The summed E-state index contributed by atoms with van der Waals surface area (Å²) < 4.78 is 35.2. The van der Waals surface area contributed by atoms with Crippen LogP contribution in [-0.2, 0) is 16.4 Å². The molecule has 0 radical (unpaired) electrons. The van der Waals surface area contributed by atoms with Crippen molar-refractivity contribution in [2.75, 3.05) is 18.6 Å². The average molecular weight is 508 g/mol. The summed E-state index contributed by atoms with van der Waals surface area (Å²) in [6.45, 7) is 1.91. The van der Waals surface area contributed by atoms with Gasteiger partial charge in [-0.25, -0.2) is 8.42 Å². The number of ether oxygens (including phenoxy) is 1. The van der Waals surface area contributed by atoms with Crippen molar-refractivity contribution in [3.8, 4) is 17.4 Å². The quantitative estimate of drug-likeness (QED) is 0.330. The summed E-state index contributed by atoms with van der Waals surface area (Å²) in [6, 6.07) is 12.6. The Bertz CT molecular complexity index is 1680. The lowest BCUT2D eigenvalue weighted by Crippen LogP contribution is -2.28. The number of carbonyl (C=O) groups excluding carboxylic acids is 1. The lowest BCUT2D eigenvalue weighted by molar-refractivity contribution is 0.0955. The van der Waals surface area contributed by atoms with E-state index in [0.717, 1.165) is 17.0 Å². The minimum Gasteiger partial charge on any atom is -0.470 e. The predicted molar refractivity (Wildman–Crippen MR) is 129 cm³/mol. The van der Waals surface area contributed by atoms with E-state index in [1.54, 1.807) is 29.6 Å². The van der Waals surface area contributed by atoms with E-state index in [4.69, 9.17) is 9.26 Å². The molecule has 0 saturated carbocycles.